The van der Waals surface area contributed by atoms with Gasteiger partial charge in [-0.05, 0) is 65.0 Å². The van der Waals surface area contributed by atoms with Crippen LogP contribution < -0.4 is 5.32 Å². The van der Waals surface area contributed by atoms with Crippen LogP contribution in [-0.4, -0.2) is 61.6 Å². The predicted octanol–water partition coefficient (Wildman–Crippen LogP) is 2.89. The number of benzene rings is 1. The number of anilines is 1. The molecular weight excluding hydrogens is 446 g/mol. The van der Waals surface area contributed by atoms with Crippen molar-refractivity contribution in [3.05, 3.63) is 47.3 Å². The number of carbonyl (C=O) groups excluding carboxylic acids is 2. The van der Waals surface area contributed by atoms with Crippen LogP contribution in [0.5, 0.6) is 0 Å². The fraction of sp³-hybridized carbons (Fsp3) is 0.478. The van der Waals surface area contributed by atoms with E-state index < -0.39 is 28.0 Å². The molecule has 10 heteroatoms. The van der Waals surface area contributed by atoms with Crippen LogP contribution >= 0.6 is 0 Å². The number of nitrogens with one attached hydrogen (secondary N) is 1. The van der Waals surface area contributed by atoms with E-state index in [2.05, 4.69) is 5.32 Å². The van der Waals surface area contributed by atoms with Gasteiger partial charge in [-0.1, -0.05) is 0 Å². The van der Waals surface area contributed by atoms with E-state index in [0.29, 0.717) is 37.6 Å². The average molecular weight is 478 g/mol. The number of hydrogen-bond donors (Lipinski definition) is 1. The minimum absolute atomic E-state index is 0.141. The third-order valence-electron chi connectivity index (χ3n) is 5.60. The zero-order valence-electron chi connectivity index (χ0n) is 19.6. The minimum atomic E-state index is -3.61. The van der Waals surface area contributed by atoms with Crippen LogP contribution in [0.1, 0.15) is 48.6 Å². The molecule has 1 aliphatic heterocycles. The monoisotopic (exact) mass is 477 g/mol. The molecule has 1 saturated heterocycles. The molecule has 33 heavy (non-hydrogen) atoms. The van der Waals surface area contributed by atoms with Gasteiger partial charge in [0, 0.05) is 36.2 Å². The third kappa shape index (κ3) is 5.45. The molecule has 1 aromatic carbocycles. The van der Waals surface area contributed by atoms with Crippen molar-refractivity contribution in [3.8, 4) is 0 Å². The Hall–Kier alpha value is -2.69. The lowest BCUT2D eigenvalue weighted by Crippen LogP contribution is -2.40. The Morgan fingerprint density at radius 2 is 1.67 bits per heavy atom. The first-order chi connectivity index (χ1) is 15.5. The van der Waals surface area contributed by atoms with Gasteiger partial charge in [0.25, 0.3) is 5.91 Å². The Kier molecular flexibility index (Phi) is 7.61. The van der Waals surface area contributed by atoms with Crippen molar-refractivity contribution < 1.29 is 27.5 Å². The number of carbonyl (C=O) groups is 2. The number of ether oxygens (including phenoxy) is 2. The molecule has 3 rings (SSSR count). The first-order valence-electron chi connectivity index (χ1n) is 10.9. The molecular formula is C23H31N3O6S. The van der Waals surface area contributed by atoms with Crippen molar-refractivity contribution in [2.75, 3.05) is 31.6 Å². The smallest absolute Gasteiger partial charge is 0.340 e. The Bertz CT molecular complexity index is 1120. The van der Waals surface area contributed by atoms with Crippen LogP contribution in [0.4, 0.5) is 5.69 Å². The van der Waals surface area contributed by atoms with Crippen LogP contribution in [0.3, 0.4) is 0 Å². The molecule has 0 aliphatic carbocycles. The second kappa shape index (κ2) is 10.1. The maximum absolute atomic E-state index is 12.7. The number of aromatic nitrogens is 1. The fourth-order valence-electron chi connectivity index (χ4n) is 3.95. The summed E-state index contributed by atoms with van der Waals surface area (Å²) in [6, 6.07) is 7.86. The molecule has 1 amide bonds. The molecule has 0 bridgehead atoms. The second-order valence-electron chi connectivity index (χ2n) is 8.33. The van der Waals surface area contributed by atoms with Crippen molar-refractivity contribution in [1.82, 2.24) is 8.87 Å². The number of sulfonamides is 1. The summed E-state index contributed by atoms with van der Waals surface area (Å²) in [5.74, 6) is -1.07. The Morgan fingerprint density at radius 3 is 2.21 bits per heavy atom. The van der Waals surface area contributed by atoms with E-state index in [1.165, 1.54) is 35.5 Å². The van der Waals surface area contributed by atoms with Crippen molar-refractivity contribution in [2.24, 2.45) is 0 Å². The zero-order valence-corrected chi connectivity index (χ0v) is 20.4. The number of amides is 1. The number of nitrogens with zero attached hydrogens (tertiary/aromatic N) is 2. The maximum Gasteiger partial charge on any atom is 0.340 e. The Labute approximate surface area is 194 Å². The van der Waals surface area contributed by atoms with Gasteiger partial charge in [0.2, 0.25) is 10.0 Å². The number of aryl methyl sites for hydroxylation is 1. The number of esters is 1. The van der Waals surface area contributed by atoms with E-state index in [9.17, 15) is 18.0 Å². The standard InChI is InChI=1S/C23H31N3O6S/c1-15(2)26-16(3)14-21(17(26)4)23(28)32-18(5)22(27)24-19-6-8-20(9-7-19)33(29,30)25-10-12-31-13-11-25/h6-9,14-15,18H,10-13H2,1-5H3,(H,24,27). The van der Waals surface area contributed by atoms with Crippen molar-refractivity contribution in [2.45, 2.75) is 51.7 Å². The highest BCUT2D eigenvalue weighted by molar-refractivity contribution is 7.89. The van der Waals surface area contributed by atoms with Gasteiger partial charge in [-0.2, -0.15) is 4.31 Å². The first-order valence-corrected chi connectivity index (χ1v) is 12.3. The lowest BCUT2D eigenvalue weighted by Gasteiger charge is -2.26. The normalized spacial score (nSPS) is 15.9. The topological polar surface area (TPSA) is 107 Å². The largest absolute Gasteiger partial charge is 0.449 e. The third-order valence-corrected chi connectivity index (χ3v) is 7.52. The molecule has 1 fully saturated rings. The van der Waals surface area contributed by atoms with Gasteiger partial charge in [0.1, 0.15) is 0 Å². The molecule has 2 aromatic rings. The molecule has 1 N–H and O–H groups in total. The van der Waals surface area contributed by atoms with Crippen LogP contribution in [0.15, 0.2) is 35.2 Å². The van der Waals surface area contributed by atoms with E-state index in [-0.39, 0.29) is 10.9 Å². The molecule has 0 radical (unpaired) electrons. The highest BCUT2D eigenvalue weighted by atomic mass is 32.2. The van der Waals surface area contributed by atoms with Crippen molar-refractivity contribution in [1.29, 1.82) is 0 Å². The molecule has 0 spiro atoms. The summed E-state index contributed by atoms with van der Waals surface area (Å²) in [5.41, 5.74) is 2.57. The minimum Gasteiger partial charge on any atom is -0.449 e. The molecule has 1 unspecified atom stereocenters. The molecule has 2 heterocycles. The fourth-order valence-corrected chi connectivity index (χ4v) is 5.35. The van der Waals surface area contributed by atoms with Crippen molar-refractivity contribution in [3.63, 3.8) is 0 Å². The average Bonchev–Trinajstić information content (AvgIpc) is 3.08. The van der Waals surface area contributed by atoms with E-state index in [0.717, 1.165) is 11.4 Å². The molecule has 9 nitrogen and oxygen atoms in total. The first kappa shape index (κ1) is 24.9. The predicted molar refractivity (Wildman–Crippen MR) is 124 cm³/mol. The summed E-state index contributed by atoms with van der Waals surface area (Å²) in [5, 5.41) is 2.66. The van der Waals surface area contributed by atoms with Gasteiger partial charge < -0.3 is 19.4 Å². The second-order valence-corrected chi connectivity index (χ2v) is 10.3. The molecule has 1 aliphatic rings. The molecule has 1 atom stereocenters. The van der Waals surface area contributed by atoms with Gasteiger partial charge in [-0.15, -0.1) is 0 Å². The summed E-state index contributed by atoms with van der Waals surface area (Å²) in [6.45, 7) is 10.7. The Balaban J connectivity index is 1.63. The van der Waals surface area contributed by atoms with E-state index in [1.54, 1.807) is 6.07 Å². The van der Waals surface area contributed by atoms with Gasteiger partial charge >= 0.3 is 5.97 Å². The zero-order chi connectivity index (χ0) is 24.3. The quantitative estimate of drug-likeness (QED) is 0.615. The molecule has 1 aromatic heterocycles. The van der Waals surface area contributed by atoms with Gasteiger partial charge in [-0.25, -0.2) is 13.2 Å². The summed E-state index contributed by atoms with van der Waals surface area (Å²) in [7, 11) is -3.61. The lowest BCUT2D eigenvalue weighted by molar-refractivity contribution is -0.123. The summed E-state index contributed by atoms with van der Waals surface area (Å²) < 4.78 is 39.4. The highest BCUT2D eigenvalue weighted by Crippen LogP contribution is 2.22. The van der Waals surface area contributed by atoms with Crippen LogP contribution in [0.25, 0.3) is 0 Å². The van der Waals surface area contributed by atoms with E-state index in [4.69, 9.17) is 9.47 Å². The van der Waals surface area contributed by atoms with Crippen LogP contribution in [-0.2, 0) is 24.3 Å². The van der Waals surface area contributed by atoms with E-state index >= 15 is 0 Å². The maximum atomic E-state index is 12.7. The SMILES string of the molecule is Cc1cc(C(=O)OC(C)C(=O)Nc2ccc(S(=O)(=O)N3CCOCC3)cc2)c(C)n1C(C)C. The summed E-state index contributed by atoms with van der Waals surface area (Å²) in [6.07, 6.45) is -1.03. The summed E-state index contributed by atoms with van der Waals surface area (Å²) in [4.78, 5) is 25.3. The van der Waals surface area contributed by atoms with Crippen LogP contribution in [0, 0.1) is 13.8 Å². The Morgan fingerprint density at radius 1 is 1.06 bits per heavy atom. The lowest BCUT2D eigenvalue weighted by atomic mass is 10.2. The van der Waals surface area contributed by atoms with Crippen molar-refractivity contribution >= 4 is 27.6 Å². The van der Waals surface area contributed by atoms with E-state index in [1.807, 2.05) is 32.3 Å². The molecule has 0 saturated carbocycles. The van der Waals surface area contributed by atoms with Gasteiger partial charge in [-0.3, -0.25) is 4.79 Å². The number of rotatable bonds is 7. The highest BCUT2D eigenvalue weighted by Gasteiger charge is 2.27. The molecule has 180 valence electrons. The van der Waals surface area contributed by atoms with Crippen LogP contribution in [0.2, 0.25) is 0 Å². The summed E-state index contributed by atoms with van der Waals surface area (Å²) >= 11 is 0. The van der Waals surface area contributed by atoms with Gasteiger partial charge in [0.05, 0.1) is 23.7 Å². The van der Waals surface area contributed by atoms with Gasteiger partial charge in [0.15, 0.2) is 6.10 Å². The number of morpholine rings is 1. The number of hydrogen-bond acceptors (Lipinski definition) is 6.